The Labute approximate surface area is 109 Å². The molecule has 2 N–H and O–H groups in total. The third-order valence-corrected chi connectivity index (χ3v) is 3.67. The highest BCUT2D eigenvalue weighted by atomic mass is 79.9. The number of ether oxygens (including phenoxy) is 1. The fourth-order valence-corrected chi connectivity index (χ4v) is 2.57. The highest BCUT2D eigenvalue weighted by molar-refractivity contribution is 9.10. The Kier molecular flexibility index (Phi) is 4.54. The van der Waals surface area contributed by atoms with Crippen molar-refractivity contribution in [2.75, 3.05) is 6.61 Å². The third-order valence-electron chi connectivity index (χ3n) is 3.18. The van der Waals surface area contributed by atoms with Gasteiger partial charge in [0.1, 0.15) is 5.82 Å². The van der Waals surface area contributed by atoms with Crippen LogP contribution in [0.4, 0.5) is 4.39 Å². The standard InChI is InChI=1S/C13H17BrFNO/c14-9-3-5-12(15)11(8-9)13(16)6-4-10-2-1-7-17-10/h3,5,8,10,13H,1-2,4,6-7,16H2. The smallest absolute Gasteiger partial charge is 0.128 e. The van der Waals surface area contributed by atoms with Gasteiger partial charge in [-0.15, -0.1) is 0 Å². The van der Waals surface area contributed by atoms with Crippen molar-refractivity contribution in [3.8, 4) is 0 Å². The van der Waals surface area contributed by atoms with E-state index in [4.69, 9.17) is 10.5 Å². The number of benzene rings is 1. The van der Waals surface area contributed by atoms with Crippen LogP contribution in [0.25, 0.3) is 0 Å². The van der Waals surface area contributed by atoms with Gasteiger partial charge in [-0.2, -0.15) is 0 Å². The van der Waals surface area contributed by atoms with E-state index in [1.54, 1.807) is 12.1 Å². The van der Waals surface area contributed by atoms with Gasteiger partial charge in [0.05, 0.1) is 6.10 Å². The number of nitrogens with two attached hydrogens (primary N) is 1. The topological polar surface area (TPSA) is 35.2 Å². The van der Waals surface area contributed by atoms with Crippen molar-refractivity contribution in [2.45, 2.75) is 37.8 Å². The van der Waals surface area contributed by atoms with Crippen molar-refractivity contribution in [2.24, 2.45) is 5.73 Å². The van der Waals surface area contributed by atoms with Crippen LogP contribution in [0, 0.1) is 5.82 Å². The predicted molar refractivity (Wildman–Crippen MR) is 69.2 cm³/mol. The zero-order valence-electron chi connectivity index (χ0n) is 9.66. The number of hydrogen-bond donors (Lipinski definition) is 1. The lowest BCUT2D eigenvalue weighted by molar-refractivity contribution is 0.101. The molecule has 0 aromatic heterocycles. The molecule has 1 fully saturated rings. The molecule has 0 aliphatic carbocycles. The molecule has 0 saturated carbocycles. The zero-order valence-corrected chi connectivity index (χ0v) is 11.2. The normalized spacial score (nSPS) is 21.7. The minimum absolute atomic E-state index is 0.229. The molecular formula is C13H17BrFNO. The van der Waals surface area contributed by atoms with Gasteiger partial charge in [-0.05, 0) is 43.9 Å². The largest absolute Gasteiger partial charge is 0.378 e. The fourth-order valence-electron chi connectivity index (χ4n) is 2.19. The average Bonchev–Trinajstić information content (AvgIpc) is 2.82. The Balaban J connectivity index is 1.93. The van der Waals surface area contributed by atoms with Crippen molar-refractivity contribution < 1.29 is 9.13 Å². The van der Waals surface area contributed by atoms with Crippen LogP contribution in [0.15, 0.2) is 22.7 Å². The molecule has 2 nitrogen and oxygen atoms in total. The summed E-state index contributed by atoms with van der Waals surface area (Å²) in [5, 5.41) is 0. The van der Waals surface area contributed by atoms with E-state index < -0.39 is 0 Å². The Morgan fingerprint density at radius 2 is 2.35 bits per heavy atom. The van der Waals surface area contributed by atoms with Gasteiger partial charge in [0.2, 0.25) is 0 Å². The molecule has 1 aromatic rings. The van der Waals surface area contributed by atoms with E-state index in [1.165, 1.54) is 6.07 Å². The van der Waals surface area contributed by atoms with Crippen molar-refractivity contribution in [1.82, 2.24) is 0 Å². The molecule has 1 aliphatic rings. The lowest BCUT2D eigenvalue weighted by Gasteiger charge is -2.16. The van der Waals surface area contributed by atoms with E-state index in [2.05, 4.69) is 15.9 Å². The lowest BCUT2D eigenvalue weighted by Crippen LogP contribution is -2.15. The highest BCUT2D eigenvalue weighted by Gasteiger charge is 2.18. The Hall–Kier alpha value is -0.450. The van der Waals surface area contributed by atoms with E-state index in [-0.39, 0.29) is 11.9 Å². The highest BCUT2D eigenvalue weighted by Crippen LogP contribution is 2.26. The second-order valence-electron chi connectivity index (χ2n) is 4.48. The van der Waals surface area contributed by atoms with Gasteiger partial charge in [0.25, 0.3) is 0 Å². The quantitative estimate of drug-likeness (QED) is 0.923. The molecule has 2 unspecified atom stereocenters. The predicted octanol–water partition coefficient (Wildman–Crippen LogP) is 3.55. The second-order valence-corrected chi connectivity index (χ2v) is 5.40. The van der Waals surface area contributed by atoms with Gasteiger partial charge >= 0.3 is 0 Å². The molecule has 17 heavy (non-hydrogen) atoms. The van der Waals surface area contributed by atoms with Crippen LogP contribution in [0.5, 0.6) is 0 Å². The minimum Gasteiger partial charge on any atom is -0.378 e. The molecule has 94 valence electrons. The van der Waals surface area contributed by atoms with Crippen LogP contribution in [-0.4, -0.2) is 12.7 Å². The summed E-state index contributed by atoms with van der Waals surface area (Å²) in [6, 6.07) is 4.64. The first kappa shape index (κ1) is 13.0. The fraction of sp³-hybridized carbons (Fsp3) is 0.538. The van der Waals surface area contributed by atoms with Crippen LogP contribution in [0.2, 0.25) is 0 Å². The molecule has 2 atom stereocenters. The van der Waals surface area contributed by atoms with Crippen LogP contribution >= 0.6 is 15.9 Å². The summed E-state index contributed by atoms with van der Waals surface area (Å²) >= 11 is 3.34. The molecular weight excluding hydrogens is 285 g/mol. The van der Waals surface area contributed by atoms with Gasteiger partial charge < -0.3 is 10.5 Å². The van der Waals surface area contributed by atoms with Gasteiger partial charge in [0, 0.05) is 22.7 Å². The Bertz CT molecular complexity index is 380. The van der Waals surface area contributed by atoms with E-state index >= 15 is 0 Å². The number of rotatable bonds is 4. The summed E-state index contributed by atoms with van der Waals surface area (Å²) in [6.07, 6.45) is 4.22. The molecule has 0 bridgehead atoms. The molecule has 4 heteroatoms. The molecule has 2 rings (SSSR count). The molecule has 1 saturated heterocycles. The molecule has 0 amide bonds. The first-order valence-electron chi connectivity index (χ1n) is 5.99. The number of halogens is 2. The minimum atomic E-state index is -0.253. The van der Waals surface area contributed by atoms with Crippen molar-refractivity contribution in [3.63, 3.8) is 0 Å². The van der Waals surface area contributed by atoms with E-state index in [1.807, 2.05) is 0 Å². The van der Waals surface area contributed by atoms with Crippen LogP contribution in [0.1, 0.15) is 37.3 Å². The van der Waals surface area contributed by atoms with E-state index in [9.17, 15) is 4.39 Å². The van der Waals surface area contributed by atoms with Crippen molar-refractivity contribution in [1.29, 1.82) is 0 Å². The third kappa shape index (κ3) is 3.50. The maximum absolute atomic E-state index is 13.6. The van der Waals surface area contributed by atoms with Gasteiger partial charge in [0.15, 0.2) is 0 Å². The van der Waals surface area contributed by atoms with Crippen molar-refractivity contribution >= 4 is 15.9 Å². The van der Waals surface area contributed by atoms with Crippen LogP contribution in [0.3, 0.4) is 0 Å². The first-order valence-corrected chi connectivity index (χ1v) is 6.78. The summed E-state index contributed by atoms with van der Waals surface area (Å²) in [5.74, 6) is -0.229. The van der Waals surface area contributed by atoms with Crippen LogP contribution in [-0.2, 0) is 4.74 Å². The molecule has 0 radical (unpaired) electrons. The zero-order chi connectivity index (χ0) is 12.3. The average molecular weight is 302 g/mol. The first-order chi connectivity index (χ1) is 8.16. The van der Waals surface area contributed by atoms with E-state index in [0.717, 1.165) is 36.8 Å². The van der Waals surface area contributed by atoms with Gasteiger partial charge in [-0.25, -0.2) is 4.39 Å². The Morgan fingerprint density at radius 3 is 3.06 bits per heavy atom. The molecule has 0 spiro atoms. The van der Waals surface area contributed by atoms with E-state index in [0.29, 0.717) is 11.7 Å². The molecule has 1 aromatic carbocycles. The summed E-state index contributed by atoms with van der Waals surface area (Å²) in [6.45, 7) is 0.852. The summed E-state index contributed by atoms with van der Waals surface area (Å²) in [5.41, 5.74) is 6.61. The summed E-state index contributed by atoms with van der Waals surface area (Å²) in [4.78, 5) is 0. The van der Waals surface area contributed by atoms with Gasteiger partial charge in [-0.3, -0.25) is 0 Å². The monoisotopic (exact) mass is 301 g/mol. The summed E-state index contributed by atoms with van der Waals surface area (Å²) < 4.78 is 20.0. The summed E-state index contributed by atoms with van der Waals surface area (Å²) in [7, 11) is 0. The van der Waals surface area contributed by atoms with Crippen LogP contribution < -0.4 is 5.73 Å². The van der Waals surface area contributed by atoms with Crippen molar-refractivity contribution in [3.05, 3.63) is 34.1 Å². The van der Waals surface area contributed by atoms with Gasteiger partial charge in [-0.1, -0.05) is 15.9 Å². The second kappa shape index (κ2) is 5.94. The lowest BCUT2D eigenvalue weighted by atomic mass is 10.00. The molecule has 1 aliphatic heterocycles. The maximum Gasteiger partial charge on any atom is 0.128 e. The SMILES string of the molecule is NC(CCC1CCCO1)c1cc(Br)ccc1F. The maximum atomic E-state index is 13.6. The number of hydrogen-bond acceptors (Lipinski definition) is 2. The Morgan fingerprint density at radius 1 is 1.53 bits per heavy atom. The molecule has 1 heterocycles.